The fourth-order valence-corrected chi connectivity index (χ4v) is 2.59. The average Bonchev–Trinajstić information content (AvgIpc) is 3.19. The Balaban J connectivity index is 1.39. The zero-order valence-electron chi connectivity index (χ0n) is 15.7. The minimum Gasteiger partial charge on any atom is -0.454 e. The second kappa shape index (κ2) is 9.40. The van der Waals surface area contributed by atoms with E-state index in [4.69, 9.17) is 14.3 Å². The van der Waals surface area contributed by atoms with Crippen LogP contribution in [0.1, 0.15) is 12.5 Å². The summed E-state index contributed by atoms with van der Waals surface area (Å²) in [4.78, 5) is 27.4. The fourth-order valence-electron chi connectivity index (χ4n) is 2.59. The molecular formula is C19H20N4O6. The molecule has 2 N–H and O–H groups in total. The third kappa shape index (κ3) is 5.34. The first-order chi connectivity index (χ1) is 14.0. The minimum absolute atomic E-state index is 0.0181. The number of anilines is 1. The number of amides is 1. The van der Waals surface area contributed by atoms with E-state index in [0.717, 1.165) is 5.56 Å². The SMILES string of the molecule is C/C(=N/OCC(=O)NCCNc1ccccc1[N+](=O)[O-])c1ccc2c(c1)OCO2. The summed E-state index contributed by atoms with van der Waals surface area (Å²) in [5, 5.41) is 20.4. The standard InChI is InChI=1S/C19H20N4O6/c1-13(14-6-7-17-18(10-14)28-12-27-17)22-29-11-19(24)21-9-8-20-15-4-2-3-5-16(15)23(25)26/h2-7,10,20H,8-9,11-12H2,1H3,(H,21,24)/b22-13-. The highest BCUT2D eigenvalue weighted by atomic mass is 16.7. The number of hydrogen-bond acceptors (Lipinski definition) is 8. The quantitative estimate of drug-likeness (QED) is 0.286. The topological polar surface area (TPSA) is 124 Å². The van der Waals surface area contributed by atoms with E-state index in [1.165, 1.54) is 6.07 Å². The van der Waals surface area contributed by atoms with Gasteiger partial charge in [-0.05, 0) is 31.2 Å². The Bertz CT molecular complexity index is 931. The van der Waals surface area contributed by atoms with Crippen LogP contribution in [0.3, 0.4) is 0 Å². The Morgan fingerprint density at radius 1 is 1.21 bits per heavy atom. The maximum atomic E-state index is 11.8. The lowest BCUT2D eigenvalue weighted by atomic mass is 10.1. The molecule has 3 rings (SSSR count). The summed E-state index contributed by atoms with van der Waals surface area (Å²) in [6.07, 6.45) is 0. The summed E-state index contributed by atoms with van der Waals surface area (Å²) in [6, 6.07) is 11.7. The summed E-state index contributed by atoms with van der Waals surface area (Å²) >= 11 is 0. The van der Waals surface area contributed by atoms with Crippen LogP contribution in [0.2, 0.25) is 0 Å². The number of oxime groups is 1. The molecule has 0 fully saturated rings. The average molecular weight is 400 g/mol. The predicted octanol–water partition coefficient (Wildman–Crippen LogP) is 2.29. The molecule has 29 heavy (non-hydrogen) atoms. The van der Waals surface area contributed by atoms with Crippen LogP contribution in [0.4, 0.5) is 11.4 Å². The van der Waals surface area contributed by atoms with Crippen LogP contribution in [-0.2, 0) is 9.63 Å². The van der Waals surface area contributed by atoms with Crippen molar-refractivity contribution in [2.24, 2.45) is 5.16 Å². The molecular weight excluding hydrogens is 380 g/mol. The van der Waals surface area contributed by atoms with Gasteiger partial charge in [0.05, 0.1) is 10.6 Å². The number of nitrogens with one attached hydrogen (secondary N) is 2. The number of nitrogens with zero attached hydrogens (tertiary/aromatic N) is 2. The molecule has 1 heterocycles. The van der Waals surface area contributed by atoms with Gasteiger partial charge in [0.25, 0.3) is 11.6 Å². The Morgan fingerprint density at radius 2 is 2.00 bits per heavy atom. The van der Waals surface area contributed by atoms with Crippen molar-refractivity contribution in [3.05, 3.63) is 58.1 Å². The van der Waals surface area contributed by atoms with E-state index < -0.39 is 4.92 Å². The molecule has 2 aromatic carbocycles. The predicted molar refractivity (Wildman–Crippen MR) is 105 cm³/mol. The smallest absolute Gasteiger partial charge is 0.292 e. The molecule has 1 amide bonds. The molecule has 10 heteroatoms. The van der Waals surface area contributed by atoms with Gasteiger partial charge < -0.3 is 24.9 Å². The number of benzene rings is 2. The molecule has 2 aromatic rings. The van der Waals surface area contributed by atoms with Crippen molar-refractivity contribution < 1.29 is 24.0 Å². The summed E-state index contributed by atoms with van der Waals surface area (Å²) in [5.74, 6) is 0.967. The molecule has 0 saturated carbocycles. The highest BCUT2D eigenvalue weighted by molar-refractivity contribution is 5.99. The molecule has 10 nitrogen and oxygen atoms in total. The van der Waals surface area contributed by atoms with Crippen LogP contribution in [0.25, 0.3) is 0 Å². The third-order valence-electron chi connectivity index (χ3n) is 4.05. The van der Waals surface area contributed by atoms with Gasteiger partial charge in [0.2, 0.25) is 6.79 Å². The van der Waals surface area contributed by atoms with Crippen LogP contribution < -0.4 is 20.1 Å². The first-order valence-corrected chi connectivity index (χ1v) is 8.85. The number of fused-ring (bicyclic) bond motifs is 1. The monoisotopic (exact) mass is 400 g/mol. The van der Waals surface area contributed by atoms with Gasteiger partial charge in [0, 0.05) is 24.7 Å². The van der Waals surface area contributed by atoms with E-state index in [1.54, 1.807) is 37.3 Å². The van der Waals surface area contributed by atoms with E-state index >= 15 is 0 Å². The lowest BCUT2D eigenvalue weighted by Gasteiger charge is -2.08. The van der Waals surface area contributed by atoms with Gasteiger partial charge in [0.1, 0.15) is 5.69 Å². The van der Waals surface area contributed by atoms with Gasteiger partial charge in [0.15, 0.2) is 18.1 Å². The van der Waals surface area contributed by atoms with E-state index in [1.807, 2.05) is 6.07 Å². The largest absolute Gasteiger partial charge is 0.454 e. The van der Waals surface area contributed by atoms with Crippen molar-refractivity contribution in [3.63, 3.8) is 0 Å². The highest BCUT2D eigenvalue weighted by Crippen LogP contribution is 2.32. The summed E-state index contributed by atoms with van der Waals surface area (Å²) in [6.45, 7) is 2.31. The normalized spacial score (nSPS) is 12.4. The van der Waals surface area contributed by atoms with Crippen molar-refractivity contribution in [2.45, 2.75) is 6.92 Å². The van der Waals surface area contributed by atoms with Crippen molar-refractivity contribution in [1.82, 2.24) is 5.32 Å². The van der Waals surface area contributed by atoms with Crippen LogP contribution in [-0.4, -0.2) is 43.0 Å². The number of carbonyl (C=O) groups excluding carboxylic acids is 1. The summed E-state index contributed by atoms with van der Waals surface area (Å²) in [5.41, 5.74) is 1.76. The second-order valence-corrected chi connectivity index (χ2v) is 6.07. The lowest BCUT2D eigenvalue weighted by Crippen LogP contribution is -2.31. The van der Waals surface area contributed by atoms with E-state index in [2.05, 4.69) is 15.8 Å². The molecule has 1 aliphatic rings. The van der Waals surface area contributed by atoms with E-state index in [0.29, 0.717) is 29.4 Å². The molecule has 0 unspecified atom stereocenters. The second-order valence-electron chi connectivity index (χ2n) is 6.07. The van der Waals surface area contributed by atoms with Gasteiger partial charge in [-0.15, -0.1) is 0 Å². The molecule has 0 bridgehead atoms. The maximum absolute atomic E-state index is 11.8. The molecule has 0 aliphatic carbocycles. The summed E-state index contributed by atoms with van der Waals surface area (Å²) < 4.78 is 10.6. The first-order valence-electron chi connectivity index (χ1n) is 8.85. The fraction of sp³-hybridized carbons (Fsp3) is 0.263. The van der Waals surface area contributed by atoms with Crippen LogP contribution in [0.5, 0.6) is 11.5 Å². The van der Waals surface area contributed by atoms with Gasteiger partial charge in [-0.1, -0.05) is 17.3 Å². The third-order valence-corrected chi connectivity index (χ3v) is 4.05. The maximum Gasteiger partial charge on any atom is 0.292 e. The van der Waals surface area contributed by atoms with Crippen LogP contribution in [0, 0.1) is 10.1 Å². The molecule has 1 aliphatic heterocycles. The first kappa shape index (κ1) is 19.9. The lowest BCUT2D eigenvalue weighted by molar-refractivity contribution is -0.384. The zero-order valence-corrected chi connectivity index (χ0v) is 15.7. The zero-order chi connectivity index (χ0) is 20.6. The van der Waals surface area contributed by atoms with Gasteiger partial charge in [-0.3, -0.25) is 14.9 Å². The van der Waals surface area contributed by atoms with Crippen LogP contribution in [0.15, 0.2) is 47.6 Å². The molecule has 152 valence electrons. The Labute approximate surface area is 166 Å². The van der Waals surface area contributed by atoms with Gasteiger partial charge in [-0.2, -0.15) is 0 Å². The molecule has 0 radical (unpaired) electrons. The van der Waals surface area contributed by atoms with Crippen molar-refractivity contribution in [2.75, 3.05) is 31.8 Å². The van der Waals surface area contributed by atoms with E-state index in [9.17, 15) is 14.9 Å². The number of nitro benzene ring substituents is 1. The molecule has 0 spiro atoms. The summed E-state index contributed by atoms with van der Waals surface area (Å²) in [7, 11) is 0. The molecule has 0 atom stereocenters. The van der Waals surface area contributed by atoms with Crippen molar-refractivity contribution >= 4 is 23.0 Å². The Hall–Kier alpha value is -3.82. The molecule has 0 saturated heterocycles. The van der Waals surface area contributed by atoms with Crippen LogP contribution >= 0.6 is 0 Å². The van der Waals surface area contributed by atoms with Crippen molar-refractivity contribution in [1.29, 1.82) is 0 Å². The van der Waals surface area contributed by atoms with Gasteiger partial charge in [-0.25, -0.2) is 0 Å². The number of para-hydroxylation sites is 2. The molecule has 0 aromatic heterocycles. The van der Waals surface area contributed by atoms with Crippen molar-refractivity contribution in [3.8, 4) is 11.5 Å². The number of nitro groups is 1. The number of hydrogen-bond donors (Lipinski definition) is 2. The number of carbonyl (C=O) groups is 1. The van der Waals surface area contributed by atoms with Gasteiger partial charge >= 0.3 is 0 Å². The Morgan fingerprint density at radius 3 is 2.83 bits per heavy atom. The number of rotatable bonds is 9. The minimum atomic E-state index is -0.463. The highest BCUT2D eigenvalue weighted by Gasteiger charge is 2.14. The number of ether oxygens (including phenoxy) is 2. The van der Waals surface area contributed by atoms with E-state index in [-0.39, 0.29) is 31.5 Å². The Kier molecular flexibility index (Phi) is 6.46.